The van der Waals surface area contributed by atoms with Crippen LogP contribution in [0.15, 0.2) is 65.5 Å². The van der Waals surface area contributed by atoms with Crippen LogP contribution in [0.1, 0.15) is 0 Å². The molecule has 2 aromatic carbocycles. The third-order valence-electron chi connectivity index (χ3n) is 3.97. The van der Waals surface area contributed by atoms with Crippen LogP contribution in [0.25, 0.3) is 11.3 Å². The van der Waals surface area contributed by atoms with E-state index in [0.29, 0.717) is 16.9 Å². The van der Waals surface area contributed by atoms with Crippen LogP contribution >= 0.6 is 0 Å². The van der Waals surface area contributed by atoms with Crippen molar-refractivity contribution in [1.82, 2.24) is 9.78 Å². The Labute approximate surface area is 155 Å². The van der Waals surface area contributed by atoms with E-state index in [1.807, 2.05) is 31.1 Å². The third-order valence-corrected chi connectivity index (χ3v) is 3.97. The number of hydrogen-bond acceptors (Lipinski definition) is 4. The molecule has 7 heteroatoms. The number of rotatable bonds is 5. The van der Waals surface area contributed by atoms with Gasteiger partial charge >= 0.3 is 0 Å². The maximum Gasteiger partial charge on any atom is 0.267 e. The lowest BCUT2D eigenvalue weighted by atomic mass is 10.1. The summed E-state index contributed by atoms with van der Waals surface area (Å²) in [5.41, 5.74) is 2.40. The molecule has 1 heterocycles. The van der Waals surface area contributed by atoms with Crippen LogP contribution < -0.4 is 15.8 Å². The first kappa shape index (κ1) is 18.3. The van der Waals surface area contributed by atoms with Crippen molar-refractivity contribution >= 4 is 17.3 Å². The van der Waals surface area contributed by atoms with E-state index >= 15 is 0 Å². The fourth-order valence-electron chi connectivity index (χ4n) is 2.52. The number of nitrogens with one attached hydrogen (secondary N) is 1. The highest BCUT2D eigenvalue weighted by Gasteiger charge is 2.09. The normalized spacial score (nSPS) is 10.5. The van der Waals surface area contributed by atoms with Crippen molar-refractivity contribution in [2.45, 2.75) is 6.54 Å². The van der Waals surface area contributed by atoms with Crippen molar-refractivity contribution < 1.29 is 9.18 Å². The molecular formula is C20H19FN4O2. The van der Waals surface area contributed by atoms with Crippen LogP contribution in [0, 0.1) is 5.82 Å². The SMILES string of the molecule is CN(C)c1ccc(NC(=O)Cn2nc(-c3ccc(F)cc3)ccc2=O)cc1. The van der Waals surface area contributed by atoms with Gasteiger partial charge < -0.3 is 10.2 Å². The van der Waals surface area contributed by atoms with Gasteiger partial charge in [-0.25, -0.2) is 9.07 Å². The van der Waals surface area contributed by atoms with Crippen LogP contribution in [-0.2, 0) is 11.3 Å². The van der Waals surface area contributed by atoms with E-state index in [0.717, 1.165) is 10.4 Å². The third kappa shape index (κ3) is 4.58. The van der Waals surface area contributed by atoms with Gasteiger partial charge in [-0.3, -0.25) is 9.59 Å². The van der Waals surface area contributed by atoms with Gasteiger partial charge in [-0.1, -0.05) is 0 Å². The Morgan fingerprint density at radius 2 is 1.70 bits per heavy atom. The summed E-state index contributed by atoms with van der Waals surface area (Å²) in [6, 6.07) is 16.0. The average Bonchev–Trinajstić information content (AvgIpc) is 2.64. The van der Waals surface area contributed by atoms with Crippen LogP contribution in [0.4, 0.5) is 15.8 Å². The van der Waals surface area contributed by atoms with Gasteiger partial charge in [0.1, 0.15) is 12.4 Å². The van der Waals surface area contributed by atoms with Crippen molar-refractivity contribution in [3.8, 4) is 11.3 Å². The minimum atomic E-state index is -0.390. The Balaban J connectivity index is 1.74. The zero-order chi connectivity index (χ0) is 19.4. The molecule has 0 saturated carbocycles. The van der Waals surface area contributed by atoms with Crippen LogP contribution in [0.5, 0.6) is 0 Å². The molecule has 1 N–H and O–H groups in total. The maximum absolute atomic E-state index is 13.1. The first-order chi connectivity index (χ1) is 12.9. The molecule has 0 fully saturated rings. The molecule has 0 aliphatic carbocycles. The summed E-state index contributed by atoms with van der Waals surface area (Å²) in [6.07, 6.45) is 0. The van der Waals surface area contributed by atoms with Gasteiger partial charge in [-0.05, 0) is 54.6 Å². The summed E-state index contributed by atoms with van der Waals surface area (Å²) in [6.45, 7) is -0.219. The molecule has 27 heavy (non-hydrogen) atoms. The largest absolute Gasteiger partial charge is 0.378 e. The molecule has 6 nitrogen and oxygen atoms in total. The molecule has 138 valence electrons. The number of nitrogens with zero attached hydrogens (tertiary/aromatic N) is 3. The summed E-state index contributed by atoms with van der Waals surface area (Å²) in [5.74, 6) is -0.717. The number of amides is 1. The minimum absolute atomic E-state index is 0.219. The maximum atomic E-state index is 13.1. The number of anilines is 2. The van der Waals surface area contributed by atoms with Crippen molar-refractivity contribution in [3.63, 3.8) is 0 Å². The summed E-state index contributed by atoms with van der Waals surface area (Å²) in [5, 5.41) is 6.95. The molecule has 0 atom stereocenters. The summed E-state index contributed by atoms with van der Waals surface area (Å²) < 4.78 is 14.1. The van der Waals surface area contributed by atoms with E-state index in [2.05, 4.69) is 10.4 Å². The van der Waals surface area contributed by atoms with Crippen LogP contribution in [0.3, 0.4) is 0 Å². The molecule has 0 aliphatic heterocycles. The molecule has 0 bridgehead atoms. The summed E-state index contributed by atoms with van der Waals surface area (Å²) in [7, 11) is 3.86. The highest BCUT2D eigenvalue weighted by Crippen LogP contribution is 2.17. The molecule has 0 spiro atoms. The van der Waals surface area contributed by atoms with Gasteiger partial charge in [-0.15, -0.1) is 0 Å². The molecule has 3 aromatic rings. The van der Waals surface area contributed by atoms with Crippen molar-refractivity contribution in [2.24, 2.45) is 0 Å². The van der Waals surface area contributed by atoms with Gasteiger partial charge in [0.15, 0.2) is 0 Å². The monoisotopic (exact) mass is 366 g/mol. The second-order valence-corrected chi connectivity index (χ2v) is 6.21. The Bertz CT molecular complexity index is 996. The number of benzene rings is 2. The number of carbonyl (C=O) groups excluding carboxylic acids is 1. The fraction of sp³-hybridized carbons (Fsp3) is 0.150. The zero-order valence-corrected chi connectivity index (χ0v) is 15.0. The van der Waals surface area contributed by atoms with Crippen LogP contribution in [0.2, 0.25) is 0 Å². The van der Waals surface area contributed by atoms with E-state index in [4.69, 9.17) is 0 Å². The quantitative estimate of drug-likeness (QED) is 0.754. The Kier molecular flexibility index (Phi) is 5.30. The predicted molar refractivity (Wildman–Crippen MR) is 103 cm³/mol. The van der Waals surface area contributed by atoms with E-state index < -0.39 is 0 Å². The molecular weight excluding hydrogens is 347 g/mol. The van der Waals surface area contributed by atoms with Gasteiger partial charge in [0.25, 0.3) is 5.56 Å². The molecule has 1 amide bonds. The van der Waals surface area contributed by atoms with Crippen molar-refractivity contribution in [3.05, 3.63) is 76.8 Å². The lowest BCUT2D eigenvalue weighted by Gasteiger charge is -2.13. The van der Waals surface area contributed by atoms with E-state index in [-0.39, 0.29) is 23.8 Å². The molecule has 0 radical (unpaired) electrons. The molecule has 0 unspecified atom stereocenters. The molecule has 1 aromatic heterocycles. The molecule has 0 aliphatic rings. The number of halogens is 1. The number of carbonyl (C=O) groups is 1. The minimum Gasteiger partial charge on any atom is -0.378 e. The van der Waals surface area contributed by atoms with E-state index in [1.54, 1.807) is 30.3 Å². The first-order valence-electron chi connectivity index (χ1n) is 8.34. The second-order valence-electron chi connectivity index (χ2n) is 6.21. The number of hydrogen-bond donors (Lipinski definition) is 1. The van der Waals surface area contributed by atoms with Gasteiger partial charge in [-0.2, -0.15) is 5.10 Å². The standard InChI is InChI=1S/C20H19FN4O2/c1-24(2)17-9-7-16(8-10-17)22-19(26)13-25-20(27)12-11-18(23-25)14-3-5-15(21)6-4-14/h3-12H,13H2,1-2H3,(H,22,26). The van der Waals surface area contributed by atoms with Crippen molar-refractivity contribution in [1.29, 1.82) is 0 Å². The number of aromatic nitrogens is 2. The first-order valence-corrected chi connectivity index (χ1v) is 8.34. The fourth-order valence-corrected chi connectivity index (χ4v) is 2.52. The van der Waals surface area contributed by atoms with Gasteiger partial charge in [0.2, 0.25) is 5.91 Å². The molecule has 3 rings (SSSR count). The molecule has 0 saturated heterocycles. The average molecular weight is 366 g/mol. The Hall–Kier alpha value is -3.48. The van der Waals surface area contributed by atoms with E-state index in [9.17, 15) is 14.0 Å². The second kappa shape index (κ2) is 7.82. The lowest BCUT2D eigenvalue weighted by Crippen LogP contribution is -2.29. The Morgan fingerprint density at radius 1 is 1.04 bits per heavy atom. The smallest absolute Gasteiger partial charge is 0.267 e. The van der Waals surface area contributed by atoms with E-state index in [1.165, 1.54) is 18.2 Å². The summed E-state index contributed by atoms with van der Waals surface area (Å²) >= 11 is 0. The zero-order valence-electron chi connectivity index (χ0n) is 15.0. The lowest BCUT2D eigenvalue weighted by molar-refractivity contribution is -0.117. The van der Waals surface area contributed by atoms with Crippen molar-refractivity contribution in [2.75, 3.05) is 24.3 Å². The summed E-state index contributed by atoms with van der Waals surface area (Å²) in [4.78, 5) is 26.2. The predicted octanol–water partition coefficient (Wildman–Crippen LogP) is 2.75. The van der Waals surface area contributed by atoms with Gasteiger partial charge in [0.05, 0.1) is 5.69 Å². The highest BCUT2D eigenvalue weighted by atomic mass is 19.1. The topological polar surface area (TPSA) is 67.2 Å². The van der Waals surface area contributed by atoms with Crippen LogP contribution in [-0.4, -0.2) is 29.8 Å². The Morgan fingerprint density at radius 3 is 2.33 bits per heavy atom. The van der Waals surface area contributed by atoms with Gasteiger partial charge in [0, 0.05) is 37.1 Å². The highest BCUT2D eigenvalue weighted by molar-refractivity contribution is 5.90.